The fourth-order valence-corrected chi connectivity index (χ4v) is 3.20. The van der Waals surface area contributed by atoms with E-state index in [-0.39, 0.29) is 5.03 Å². The van der Waals surface area contributed by atoms with E-state index in [1.54, 1.807) is 17.5 Å². The van der Waals surface area contributed by atoms with E-state index in [4.69, 9.17) is 0 Å². The highest BCUT2D eigenvalue weighted by Gasteiger charge is 2.19. The van der Waals surface area contributed by atoms with Gasteiger partial charge in [-0.15, -0.1) is 11.3 Å². The van der Waals surface area contributed by atoms with E-state index in [1.807, 2.05) is 0 Å². The van der Waals surface area contributed by atoms with Gasteiger partial charge in [0.2, 0.25) is 9.84 Å². The van der Waals surface area contributed by atoms with Crippen LogP contribution >= 0.6 is 11.3 Å². The topological polar surface area (TPSA) is 62.8 Å². The number of aromatic amines is 1. The fourth-order valence-electron chi connectivity index (χ4n) is 0.918. The predicted molar refractivity (Wildman–Crippen MR) is 48.4 cm³/mol. The maximum atomic E-state index is 11.7. The molecule has 0 unspecified atom stereocenters. The SMILES string of the molecule is O=S(=O)(c1ccn[nH]1)c1cccs1. The molecule has 68 valence electrons. The van der Waals surface area contributed by atoms with Gasteiger partial charge in [0.25, 0.3) is 0 Å². The first-order valence-corrected chi connectivity index (χ1v) is 5.85. The van der Waals surface area contributed by atoms with Crippen molar-refractivity contribution in [1.29, 1.82) is 0 Å². The Balaban J connectivity index is 2.56. The molecular weight excluding hydrogens is 208 g/mol. The van der Waals surface area contributed by atoms with E-state index in [0.29, 0.717) is 4.21 Å². The summed E-state index contributed by atoms with van der Waals surface area (Å²) in [5.41, 5.74) is 0. The van der Waals surface area contributed by atoms with Gasteiger partial charge in [0.15, 0.2) is 5.03 Å². The Morgan fingerprint density at radius 3 is 2.77 bits per heavy atom. The van der Waals surface area contributed by atoms with Crippen molar-refractivity contribution in [1.82, 2.24) is 10.2 Å². The van der Waals surface area contributed by atoms with Gasteiger partial charge in [0.1, 0.15) is 4.21 Å². The van der Waals surface area contributed by atoms with Crippen molar-refractivity contribution in [3.05, 3.63) is 29.8 Å². The Labute approximate surface area is 79.2 Å². The van der Waals surface area contributed by atoms with Crippen LogP contribution in [0.4, 0.5) is 0 Å². The molecule has 0 saturated carbocycles. The second-order valence-corrected chi connectivity index (χ2v) is 5.45. The van der Waals surface area contributed by atoms with Gasteiger partial charge in [-0.2, -0.15) is 5.10 Å². The van der Waals surface area contributed by atoms with Crippen LogP contribution in [-0.2, 0) is 9.84 Å². The van der Waals surface area contributed by atoms with Crippen molar-refractivity contribution in [3.63, 3.8) is 0 Å². The van der Waals surface area contributed by atoms with Gasteiger partial charge < -0.3 is 0 Å². The van der Waals surface area contributed by atoms with E-state index in [0.717, 1.165) is 0 Å². The Hall–Kier alpha value is -1.14. The summed E-state index contributed by atoms with van der Waals surface area (Å²) in [6, 6.07) is 4.71. The Morgan fingerprint density at radius 1 is 1.38 bits per heavy atom. The number of aromatic nitrogens is 2. The lowest BCUT2D eigenvalue weighted by Crippen LogP contribution is -1.99. The van der Waals surface area contributed by atoms with Crippen molar-refractivity contribution in [2.24, 2.45) is 0 Å². The summed E-state index contributed by atoms with van der Waals surface area (Å²) in [6.07, 6.45) is 1.42. The molecule has 0 atom stereocenters. The molecule has 6 heteroatoms. The molecule has 0 amide bonds. The van der Waals surface area contributed by atoms with Gasteiger partial charge in [0.05, 0.1) is 6.20 Å². The van der Waals surface area contributed by atoms with Crippen LogP contribution in [0.3, 0.4) is 0 Å². The largest absolute Gasteiger partial charge is 0.267 e. The third-order valence-electron chi connectivity index (χ3n) is 1.52. The molecule has 2 aromatic rings. The van der Waals surface area contributed by atoms with E-state index < -0.39 is 9.84 Å². The van der Waals surface area contributed by atoms with Crippen molar-refractivity contribution in [3.8, 4) is 0 Å². The van der Waals surface area contributed by atoms with Gasteiger partial charge in [-0.05, 0) is 17.5 Å². The number of H-pyrrole nitrogens is 1. The van der Waals surface area contributed by atoms with Gasteiger partial charge >= 0.3 is 0 Å². The average molecular weight is 214 g/mol. The van der Waals surface area contributed by atoms with Crippen molar-refractivity contribution >= 4 is 21.2 Å². The smallest absolute Gasteiger partial charge is 0.232 e. The fraction of sp³-hybridized carbons (Fsp3) is 0. The molecular formula is C7H6N2O2S2. The van der Waals surface area contributed by atoms with Crippen LogP contribution in [-0.4, -0.2) is 18.6 Å². The number of sulfone groups is 1. The summed E-state index contributed by atoms with van der Waals surface area (Å²) in [4.78, 5) is 0. The predicted octanol–water partition coefficient (Wildman–Crippen LogP) is 1.30. The Morgan fingerprint density at radius 2 is 2.23 bits per heavy atom. The monoisotopic (exact) mass is 214 g/mol. The first-order chi connectivity index (χ1) is 6.21. The quantitative estimate of drug-likeness (QED) is 0.819. The lowest BCUT2D eigenvalue weighted by Gasteiger charge is -1.95. The molecule has 0 radical (unpaired) electrons. The molecule has 0 spiro atoms. The normalized spacial score (nSPS) is 11.7. The zero-order valence-corrected chi connectivity index (χ0v) is 8.10. The van der Waals surface area contributed by atoms with E-state index >= 15 is 0 Å². The summed E-state index contributed by atoms with van der Waals surface area (Å²) in [5.74, 6) is 0. The summed E-state index contributed by atoms with van der Waals surface area (Å²) in [6.45, 7) is 0. The molecule has 0 saturated heterocycles. The highest BCUT2D eigenvalue weighted by atomic mass is 32.2. The molecule has 2 rings (SSSR count). The molecule has 0 aliphatic carbocycles. The number of hydrogen-bond acceptors (Lipinski definition) is 4. The summed E-state index contributed by atoms with van der Waals surface area (Å²) in [5, 5.41) is 7.89. The second-order valence-electron chi connectivity index (χ2n) is 2.36. The van der Waals surface area contributed by atoms with E-state index in [1.165, 1.54) is 23.6 Å². The van der Waals surface area contributed by atoms with Crippen molar-refractivity contribution in [2.45, 2.75) is 9.24 Å². The maximum absolute atomic E-state index is 11.7. The van der Waals surface area contributed by atoms with Crippen LogP contribution in [0.2, 0.25) is 0 Å². The molecule has 2 heterocycles. The first kappa shape index (κ1) is 8.46. The number of thiophene rings is 1. The van der Waals surface area contributed by atoms with Crippen LogP contribution < -0.4 is 0 Å². The molecule has 1 N–H and O–H groups in total. The minimum absolute atomic E-state index is 0.134. The molecule has 0 fully saturated rings. The number of nitrogens with one attached hydrogen (secondary N) is 1. The van der Waals surface area contributed by atoms with Crippen LogP contribution in [0.15, 0.2) is 39.0 Å². The lowest BCUT2D eigenvalue weighted by molar-refractivity contribution is 0.594. The van der Waals surface area contributed by atoms with Crippen LogP contribution in [0.25, 0.3) is 0 Å². The highest BCUT2D eigenvalue weighted by Crippen LogP contribution is 2.22. The zero-order chi connectivity index (χ0) is 9.31. The number of nitrogens with zero attached hydrogens (tertiary/aromatic N) is 1. The number of hydrogen-bond donors (Lipinski definition) is 1. The molecule has 0 aromatic carbocycles. The molecule has 13 heavy (non-hydrogen) atoms. The van der Waals surface area contributed by atoms with Crippen LogP contribution in [0, 0.1) is 0 Å². The standard InChI is InChI=1S/C7H6N2O2S2/c10-13(11,6-3-4-8-9-6)7-2-1-5-12-7/h1-5H,(H,8,9). The Bertz CT molecular complexity index is 430. The highest BCUT2D eigenvalue weighted by molar-refractivity contribution is 7.93. The molecule has 0 bridgehead atoms. The number of rotatable bonds is 2. The van der Waals surface area contributed by atoms with Gasteiger partial charge in [-0.1, -0.05) is 6.07 Å². The molecule has 0 aliphatic rings. The Kier molecular flexibility index (Phi) is 1.93. The summed E-state index contributed by atoms with van der Waals surface area (Å²) in [7, 11) is -3.35. The molecule has 4 nitrogen and oxygen atoms in total. The molecule has 0 aliphatic heterocycles. The summed E-state index contributed by atoms with van der Waals surface area (Å²) >= 11 is 1.19. The second kappa shape index (κ2) is 2.97. The van der Waals surface area contributed by atoms with Crippen LogP contribution in [0.5, 0.6) is 0 Å². The van der Waals surface area contributed by atoms with E-state index in [2.05, 4.69) is 10.2 Å². The van der Waals surface area contributed by atoms with Crippen molar-refractivity contribution < 1.29 is 8.42 Å². The minimum atomic E-state index is -3.35. The average Bonchev–Trinajstić information content (AvgIpc) is 2.78. The maximum Gasteiger partial charge on any atom is 0.232 e. The van der Waals surface area contributed by atoms with Crippen molar-refractivity contribution in [2.75, 3.05) is 0 Å². The minimum Gasteiger partial charge on any atom is -0.267 e. The van der Waals surface area contributed by atoms with Gasteiger partial charge in [0, 0.05) is 0 Å². The van der Waals surface area contributed by atoms with E-state index in [9.17, 15) is 8.42 Å². The molecule has 2 aromatic heterocycles. The summed E-state index contributed by atoms with van der Waals surface area (Å²) < 4.78 is 23.7. The first-order valence-electron chi connectivity index (χ1n) is 3.49. The van der Waals surface area contributed by atoms with Gasteiger partial charge in [-0.3, -0.25) is 5.10 Å². The third kappa shape index (κ3) is 1.38. The third-order valence-corrected chi connectivity index (χ3v) is 4.61. The lowest BCUT2D eigenvalue weighted by atomic mass is 10.7. The van der Waals surface area contributed by atoms with Crippen LogP contribution in [0.1, 0.15) is 0 Å². The zero-order valence-electron chi connectivity index (χ0n) is 6.47. The van der Waals surface area contributed by atoms with Gasteiger partial charge in [-0.25, -0.2) is 8.42 Å².